The molecule has 0 fully saturated rings. The van der Waals surface area contributed by atoms with E-state index in [4.69, 9.17) is 0 Å². The quantitative estimate of drug-likeness (QED) is 0.662. The van der Waals surface area contributed by atoms with Crippen molar-refractivity contribution in [2.24, 2.45) is 0 Å². The SMILES string of the molecule is Cc1nc(CCNc2cccnc2[N+](=O)[O-])cs1. The second-order valence-electron chi connectivity index (χ2n) is 3.67. The van der Waals surface area contributed by atoms with Gasteiger partial charge in [-0.2, -0.15) is 0 Å². The third-order valence-electron chi connectivity index (χ3n) is 2.32. The zero-order valence-corrected chi connectivity index (χ0v) is 10.6. The number of hydrogen-bond donors (Lipinski definition) is 1. The van der Waals surface area contributed by atoms with Gasteiger partial charge in [-0.05, 0) is 29.0 Å². The molecule has 0 radical (unpaired) electrons. The number of anilines is 1. The predicted octanol–water partition coefficient (Wildman–Crippen LogP) is 2.41. The van der Waals surface area contributed by atoms with E-state index >= 15 is 0 Å². The molecule has 2 aromatic heterocycles. The van der Waals surface area contributed by atoms with Crippen molar-refractivity contribution >= 4 is 22.8 Å². The summed E-state index contributed by atoms with van der Waals surface area (Å²) in [5.41, 5.74) is 1.44. The Hall–Kier alpha value is -2.02. The second kappa shape index (κ2) is 5.54. The van der Waals surface area contributed by atoms with E-state index in [2.05, 4.69) is 15.3 Å². The molecule has 0 saturated heterocycles. The number of rotatable bonds is 5. The summed E-state index contributed by atoms with van der Waals surface area (Å²) in [5.74, 6) is -0.146. The van der Waals surface area contributed by atoms with Crippen LogP contribution in [0.25, 0.3) is 0 Å². The van der Waals surface area contributed by atoms with Crippen LogP contribution in [0.4, 0.5) is 11.5 Å². The van der Waals surface area contributed by atoms with Crippen LogP contribution < -0.4 is 5.32 Å². The van der Waals surface area contributed by atoms with Gasteiger partial charge in [-0.1, -0.05) is 0 Å². The van der Waals surface area contributed by atoms with Gasteiger partial charge in [0.05, 0.1) is 10.7 Å². The molecule has 1 N–H and O–H groups in total. The summed E-state index contributed by atoms with van der Waals surface area (Å²) in [6.07, 6.45) is 2.14. The molecular formula is C11H12N4O2S. The van der Waals surface area contributed by atoms with Gasteiger partial charge in [-0.3, -0.25) is 0 Å². The number of nitrogens with one attached hydrogen (secondary N) is 1. The summed E-state index contributed by atoms with van der Waals surface area (Å²) in [6, 6.07) is 3.32. The van der Waals surface area contributed by atoms with Crippen molar-refractivity contribution < 1.29 is 4.92 Å². The normalized spacial score (nSPS) is 10.3. The van der Waals surface area contributed by atoms with Gasteiger partial charge < -0.3 is 15.4 Å². The molecule has 2 heterocycles. The van der Waals surface area contributed by atoms with Crippen molar-refractivity contribution in [3.05, 3.63) is 44.5 Å². The summed E-state index contributed by atoms with van der Waals surface area (Å²) in [6.45, 7) is 2.54. The topological polar surface area (TPSA) is 81.0 Å². The average Bonchev–Trinajstić information content (AvgIpc) is 2.75. The fourth-order valence-electron chi connectivity index (χ4n) is 1.53. The minimum Gasteiger partial charge on any atom is -0.378 e. The van der Waals surface area contributed by atoms with Crippen LogP contribution in [0.3, 0.4) is 0 Å². The zero-order valence-electron chi connectivity index (χ0n) is 9.79. The van der Waals surface area contributed by atoms with Crippen LogP contribution >= 0.6 is 11.3 Å². The van der Waals surface area contributed by atoms with Gasteiger partial charge in [-0.15, -0.1) is 11.3 Å². The highest BCUT2D eigenvalue weighted by Gasteiger charge is 2.13. The molecule has 0 bridgehead atoms. The smallest absolute Gasteiger partial charge is 0.378 e. The van der Waals surface area contributed by atoms with Crippen LogP contribution in [-0.4, -0.2) is 21.4 Å². The molecule has 94 valence electrons. The highest BCUT2D eigenvalue weighted by atomic mass is 32.1. The highest BCUT2D eigenvalue weighted by molar-refractivity contribution is 7.09. The van der Waals surface area contributed by atoms with E-state index in [1.165, 1.54) is 6.20 Å². The first kappa shape index (κ1) is 12.4. The lowest BCUT2D eigenvalue weighted by Crippen LogP contribution is -2.07. The molecule has 6 nitrogen and oxygen atoms in total. The molecule has 0 aliphatic rings. The Kier molecular flexibility index (Phi) is 3.83. The van der Waals surface area contributed by atoms with E-state index in [0.29, 0.717) is 12.2 Å². The fraction of sp³-hybridized carbons (Fsp3) is 0.273. The molecule has 0 unspecified atom stereocenters. The minimum absolute atomic E-state index is 0.146. The molecular weight excluding hydrogens is 252 g/mol. The molecule has 0 amide bonds. The van der Waals surface area contributed by atoms with Crippen LogP contribution in [0, 0.1) is 17.0 Å². The Morgan fingerprint density at radius 3 is 3.06 bits per heavy atom. The maximum atomic E-state index is 10.8. The molecule has 0 saturated carbocycles. The monoisotopic (exact) mass is 264 g/mol. The van der Waals surface area contributed by atoms with Crippen LogP contribution in [0.2, 0.25) is 0 Å². The number of nitro groups is 1. The predicted molar refractivity (Wildman–Crippen MR) is 69.9 cm³/mol. The van der Waals surface area contributed by atoms with Crippen LogP contribution in [0.1, 0.15) is 10.7 Å². The molecule has 2 aromatic rings. The first-order valence-electron chi connectivity index (χ1n) is 5.41. The summed E-state index contributed by atoms with van der Waals surface area (Å²) >= 11 is 1.60. The molecule has 0 aliphatic carbocycles. The molecule has 7 heteroatoms. The first-order valence-corrected chi connectivity index (χ1v) is 6.29. The summed E-state index contributed by atoms with van der Waals surface area (Å²) in [5, 5.41) is 16.8. The standard InChI is InChI=1S/C11H12N4O2S/c1-8-14-9(7-18-8)4-6-12-10-3-2-5-13-11(10)15(16)17/h2-3,5,7,12H,4,6H2,1H3. The molecule has 0 aliphatic heterocycles. The van der Waals surface area contributed by atoms with Crippen molar-refractivity contribution in [2.45, 2.75) is 13.3 Å². The van der Waals surface area contributed by atoms with Gasteiger partial charge in [0.25, 0.3) is 0 Å². The zero-order chi connectivity index (χ0) is 13.0. The van der Waals surface area contributed by atoms with E-state index in [1.54, 1.807) is 23.5 Å². The van der Waals surface area contributed by atoms with Crippen molar-refractivity contribution in [2.75, 3.05) is 11.9 Å². The largest absolute Gasteiger partial charge is 0.386 e. The van der Waals surface area contributed by atoms with Crippen molar-refractivity contribution in [1.82, 2.24) is 9.97 Å². The third kappa shape index (κ3) is 3.01. The third-order valence-corrected chi connectivity index (χ3v) is 3.15. The molecule has 2 rings (SSSR count). The maximum Gasteiger partial charge on any atom is 0.386 e. The molecule has 18 heavy (non-hydrogen) atoms. The van der Waals surface area contributed by atoms with Gasteiger partial charge in [0.1, 0.15) is 11.9 Å². The Morgan fingerprint density at radius 1 is 1.56 bits per heavy atom. The van der Waals surface area contributed by atoms with E-state index < -0.39 is 4.92 Å². The molecule has 0 spiro atoms. The molecule has 0 atom stereocenters. The number of thiazole rings is 1. The van der Waals surface area contributed by atoms with Crippen LogP contribution in [-0.2, 0) is 6.42 Å². The van der Waals surface area contributed by atoms with E-state index in [9.17, 15) is 10.1 Å². The molecule has 0 aromatic carbocycles. The lowest BCUT2D eigenvalue weighted by Gasteiger charge is -2.04. The second-order valence-corrected chi connectivity index (χ2v) is 4.73. The van der Waals surface area contributed by atoms with Gasteiger partial charge in [0.15, 0.2) is 0 Å². The van der Waals surface area contributed by atoms with Gasteiger partial charge in [0.2, 0.25) is 0 Å². The highest BCUT2D eigenvalue weighted by Crippen LogP contribution is 2.19. The Labute approximate surface area is 108 Å². The number of hydrogen-bond acceptors (Lipinski definition) is 6. The maximum absolute atomic E-state index is 10.8. The van der Waals surface area contributed by atoms with E-state index in [1.807, 2.05) is 12.3 Å². The van der Waals surface area contributed by atoms with Crippen LogP contribution in [0.5, 0.6) is 0 Å². The Balaban J connectivity index is 1.96. The van der Waals surface area contributed by atoms with E-state index in [-0.39, 0.29) is 5.82 Å². The lowest BCUT2D eigenvalue weighted by molar-refractivity contribution is -0.388. The van der Waals surface area contributed by atoms with Crippen LogP contribution in [0.15, 0.2) is 23.7 Å². The number of nitrogens with zero attached hydrogens (tertiary/aromatic N) is 3. The van der Waals surface area contributed by atoms with Crippen molar-refractivity contribution in [3.63, 3.8) is 0 Å². The lowest BCUT2D eigenvalue weighted by atomic mass is 10.3. The van der Waals surface area contributed by atoms with Gasteiger partial charge >= 0.3 is 5.82 Å². The Bertz CT molecular complexity index is 555. The number of aromatic nitrogens is 2. The summed E-state index contributed by atoms with van der Waals surface area (Å²) in [4.78, 5) is 18.3. The minimum atomic E-state index is -0.491. The summed E-state index contributed by atoms with van der Waals surface area (Å²) in [7, 11) is 0. The number of aryl methyl sites for hydroxylation is 1. The average molecular weight is 264 g/mol. The fourth-order valence-corrected chi connectivity index (χ4v) is 2.18. The van der Waals surface area contributed by atoms with E-state index in [0.717, 1.165) is 17.1 Å². The summed E-state index contributed by atoms with van der Waals surface area (Å²) < 4.78 is 0. The van der Waals surface area contributed by atoms with Crippen molar-refractivity contribution in [3.8, 4) is 0 Å². The van der Waals surface area contributed by atoms with Gasteiger partial charge in [-0.25, -0.2) is 4.98 Å². The van der Waals surface area contributed by atoms with Crippen molar-refractivity contribution in [1.29, 1.82) is 0 Å². The Morgan fingerprint density at radius 2 is 2.39 bits per heavy atom. The van der Waals surface area contributed by atoms with Gasteiger partial charge in [0, 0.05) is 18.3 Å². The number of pyridine rings is 1. The first-order chi connectivity index (χ1) is 8.66.